The van der Waals surface area contributed by atoms with Gasteiger partial charge < -0.3 is 9.30 Å². The summed E-state index contributed by atoms with van der Waals surface area (Å²) < 4.78 is 32.5. The number of sulfonamides is 1. The fraction of sp³-hybridized carbons (Fsp3) is 0.250. The van der Waals surface area contributed by atoms with E-state index < -0.39 is 15.2 Å². The van der Waals surface area contributed by atoms with Crippen molar-refractivity contribution in [3.05, 3.63) is 48.0 Å². The lowest BCUT2D eigenvalue weighted by molar-refractivity contribution is 0.415. The van der Waals surface area contributed by atoms with Crippen LogP contribution in [0.1, 0.15) is 12.5 Å². The fourth-order valence-electron chi connectivity index (χ4n) is 3.26. The smallest absolute Gasteiger partial charge is 0.248 e. The highest BCUT2D eigenvalue weighted by Crippen LogP contribution is 2.36. The second-order valence-corrected chi connectivity index (χ2v) is 8.78. The van der Waals surface area contributed by atoms with Crippen LogP contribution in [0.25, 0.3) is 22.2 Å². The highest BCUT2D eigenvalue weighted by atomic mass is 35.5. The third-order valence-electron chi connectivity index (χ3n) is 4.76. The van der Waals surface area contributed by atoms with Crippen LogP contribution in [0, 0.1) is 11.3 Å². The van der Waals surface area contributed by atoms with Crippen molar-refractivity contribution in [2.24, 2.45) is 0 Å². The number of benzene rings is 2. The molecule has 1 heterocycles. The van der Waals surface area contributed by atoms with Crippen LogP contribution in [0.4, 0.5) is 5.69 Å². The average molecular weight is 418 g/mol. The first-order valence-corrected chi connectivity index (χ1v) is 10.8. The van der Waals surface area contributed by atoms with E-state index in [2.05, 4.69) is 10.6 Å². The van der Waals surface area contributed by atoms with Gasteiger partial charge in [0.05, 0.1) is 29.6 Å². The molecule has 3 rings (SSSR count). The second kappa shape index (κ2) is 7.74. The number of hydrogen-bond donors (Lipinski definition) is 0. The first-order chi connectivity index (χ1) is 13.4. The summed E-state index contributed by atoms with van der Waals surface area (Å²) >= 11 is 5.53. The Kier molecular flexibility index (Phi) is 5.54. The molecule has 0 spiro atoms. The van der Waals surface area contributed by atoms with E-state index in [-0.39, 0.29) is 0 Å². The molecule has 0 fully saturated rings. The molecule has 146 valence electrons. The number of anilines is 1. The van der Waals surface area contributed by atoms with Crippen molar-refractivity contribution >= 4 is 38.2 Å². The van der Waals surface area contributed by atoms with E-state index in [0.29, 0.717) is 17.8 Å². The summed E-state index contributed by atoms with van der Waals surface area (Å²) in [5, 5.41) is 10.2. The lowest BCUT2D eigenvalue weighted by atomic mass is 10.1. The van der Waals surface area contributed by atoms with Gasteiger partial charge in [0.25, 0.3) is 0 Å². The van der Waals surface area contributed by atoms with E-state index in [4.69, 9.17) is 16.3 Å². The minimum Gasteiger partial charge on any atom is -0.497 e. The Hall–Kier alpha value is -2.69. The van der Waals surface area contributed by atoms with Gasteiger partial charge in [-0.3, -0.25) is 4.31 Å². The SMILES string of the molecule is CCn1c(-c2ccc(N(C)S(=O)(=O)CCl)cc2)c(C#N)c2ccc(OC)cc21. The van der Waals surface area contributed by atoms with E-state index in [1.54, 1.807) is 19.2 Å². The molecule has 0 N–H and O–H groups in total. The average Bonchev–Trinajstić information content (AvgIpc) is 3.05. The van der Waals surface area contributed by atoms with Crippen LogP contribution in [0.15, 0.2) is 42.5 Å². The summed E-state index contributed by atoms with van der Waals surface area (Å²) in [7, 11) is -0.486. The zero-order valence-corrected chi connectivity index (χ0v) is 17.4. The molecule has 28 heavy (non-hydrogen) atoms. The van der Waals surface area contributed by atoms with Gasteiger partial charge in [-0.2, -0.15) is 5.26 Å². The molecule has 0 atom stereocenters. The van der Waals surface area contributed by atoms with Crippen LogP contribution in [-0.2, 0) is 16.6 Å². The number of nitrogens with zero attached hydrogens (tertiary/aromatic N) is 3. The topological polar surface area (TPSA) is 75.3 Å². The summed E-state index contributed by atoms with van der Waals surface area (Å²) in [6.45, 7) is 2.68. The molecule has 6 nitrogen and oxygen atoms in total. The zero-order valence-electron chi connectivity index (χ0n) is 15.8. The largest absolute Gasteiger partial charge is 0.497 e. The van der Waals surface area contributed by atoms with Gasteiger partial charge in [0, 0.05) is 25.0 Å². The van der Waals surface area contributed by atoms with Crippen LogP contribution in [-0.4, -0.2) is 32.4 Å². The summed E-state index contributed by atoms with van der Waals surface area (Å²) in [6, 6.07) is 15.0. The van der Waals surface area contributed by atoms with Gasteiger partial charge in [-0.25, -0.2) is 8.42 Å². The monoisotopic (exact) mass is 417 g/mol. The number of methoxy groups -OCH3 is 1. The van der Waals surface area contributed by atoms with Crippen LogP contribution in [0.3, 0.4) is 0 Å². The predicted octanol–water partition coefficient (Wildman–Crippen LogP) is 4.17. The summed E-state index contributed by atoms with van der Waals surface area (Å²) in [5.41, 5.74) is 3.62. The number of nitriles is 1. The Balaban J connectivity index is 2.17. The molecule has 0 bridgehead atoms. The highest BCUT2D eigenvalue weighted by molar-refractivity contribution is 7.93. The maximum Gasteiger partial charge on any atom is 0.248 e. The fourth-order valence-corrected chi connectivity index (χ4v) is 4.29. The van der Waals surface area contributed by atoms with Gasteiger partial charge in [0.2, 0.25) is 10.0 Å². The van der Waals surface area contributed by atoms with Crippen LogP contribution in [0.5, 0.6) is 5.75 Å². The second-order valence-electron chi connectivity index (χ2n) is 6.20. The quantitative estimate of drug-likeness (QED) is 0.564. The van der Waals surface area contributed by atoms with Gasteiger partial charge in [-0.1, -0.05) is 12.1 Å². The molecule has 0 amide bonds. The maximum absolute atomic E-state index is 12.0. The molecule has 0 aliphatic heterocycles. The Morgan fingerprint density at radius 1 is 1.21 bits per heavy atom. The molecule has 1 aromatic heterocycles. The van der Waals surface area contributed by atoms with Crippen LogP contribution < -0.4 is 9.04 Å². The normalized spacial score (nSPS) is 11.4. The van der Waals surface area contributed by atoms with Crippen LogP contribution >= 0.6 is 11.6 Å². The van der Waals surface area contributed by atoms with Crippen molar-refractivity contribution in [3.8, 4) is 23.1 Å². The molecule has 0 aliphatic rings. The number of alkyl halides is 1. The van der Waals surface area contributed by atoms with E-state index >= 15 is 0 Å². The minimum absolute atomic E-state index is 0.490. The number of aryl methyl sites for hydroxylation is 1. The van der Waals surface area contributed by atoms with Crippen molar-refractivity contribution in [3.63, 3.8) is 0 Å². The number of halogens is 1. The third-order valence-corrected chi connectivity index (χ3v) is 6.91. The van der Waals surface area contributed by atoms with Gasteiger partial charge >= 0.3 is 0 Å². The number of fused-ring (bicyclic) bond motifs is 1. The summed E-state index contributed by atoms with van der Waals surface area (Å²) in [6.07, 6.45) is 0. The first kappa shape index (κ1) is 20.1. The Bertz CT molecular complexity index is 1160. The van der Waals surface area contributed by atoms with E-state index in [1.807, 2.05) is 37.3 Å². The molecule has 3 aromatic rings. The van der Waals surface area contributed by atoms with Gasteiger partial charge in [0.1, 0.15) is 17.0 Å². The van der Waals surface area contributed by atoms with E-state index in [1.165, 1.54) is 7.05 Å². The lowest BCUT2D eigenvalue weighted by Gasteiger charge is -2.18. The maximum atomic E-state index is 12.0. The Labute approximate surface area is 169 Å². The molecule has 0 unspecified atom stereocenters. The molecule has 2 aromatic carbocycles. The van der Waals surface area contributed by atoms with Crippen molar-refractivity contribution in [2.75, 3.05) is 23.7 Å². The molecular formula is C20H20ClN3O3S. The molecule has 0 radical (unpaired) electrons. The van der Waals surface area contributed by atoms with E-state index in [0.717, 1.165) is 32.2 Å². The molecule has 0 saturated carbocycles. The first-order valence-electron chi connectivity index (χ1n) is 8.61. The third kappa shape index (κ3) is 3.30. The number of rotatable bonds is 6. The van der Waals surface area contributed by atoms with Crippen molar-refractivity contribution in [2.45, 2.75) is 13.5 Å². The number of hydrogen-bond acceptors (Lipinski definition) is 4. The standard InChI is InChI=1S/C20H20ClN3O3S/c1-4-24-19-11-16(27-3)9-10-17(19)18(12-22)20(24)14-5-7-15(8-6-14)23(2)28(25,26)13-21/h5-11H,4,13H2,1-3H3. The summed E-state index contributed by atoms with van der Waals surface area (Å²) in [4.78, 5) is 0. The molecule has 0 aliphatic carbocycles. The van der Waals surface area contributed by atoms with Crippen molar-refractivity contribution in [1.82, 2.24) is 4.57 Å². The molecular weight excluding hydrogens is 398 g/mol. The lowest BCUT2D eigenvalue weighted by Crippen LogP contribution is -2.27. The zero-order chi connectivity index (χ0) is 20.5. The van der Waals surface area contributed by atoms with Crippen molar-refractivity contribution < 1.29 is 13.2 Å². The number of aromatic nitrogens is 1. The minimum atomic E-state index is -3.56. The van der Waals surface area contributed by atoms with Gasteiger partial charge in [-0.05, 0) is 36.8 Å². The number of ether oxygens (including phenoxy) is 1. The van der Waals surface area contributed by atoms with Gasteiger partial charge in [0.15, 0.2) is 0 Å². The predicted molar refractivity (Wildman–Crippen MR) is 112 cm³/mol. The van der Waals surface area contributed by atoms with E-state index in [9.17, 15) is 13.7 Å². The highest BCUT2D eigenvalue weighted by Gasteiger charge is 2.20. The summed E-state index contributed by atoms with van der Waals surface area (Å²) in [5.74, 6) is 0.721. The van der Waals surface area contributed by atoms with Crippen LogP contribution in [0.2, 0.25) is 0 Å². The Morgan fingerprint density at radius 2 is 1.89 bits per heavy atom. The molecule has 0 saturated heterocycles. The van der Waals surface area contributed by atoms with Crippen molar-refractivity contribution in [1.29, 1.82) is 5.26 Å². The van der Waals surface area contributed by atoms with Gasteiger partial charge in [-0.15, -0.1) is 11.6 Å². The Morgan fingerprint density at radius 3 is 2.43 bits per heavy atom. The molecule has 8 heteroatoms.